The smallest absolute Gasteiger partial charge is 0.349 e. The number of carbonyl (C=O) groups is 2. The number of ether oxygens (including phenoxy) is 2. The van der Waals surface area contributed by atoms with Gasteiger partial charge in [-0.05, 0) is 25.5 Å². The third kappa shape index (κ3) is 4.67. The Morgan fingerprint density at radius 2 is 1.96 bits per heavy atom. The van der Waals surface area contributed by atoms with Crippen molar-refractivity contribution in [2.24, 2.45) is 0 Å². The van der Waals surface area contributed by atoms with Gasteiger partial charge in [-0.3, -0.25) is 4.79 Å². The fourth-order valence-corrected chi connectivity index (χ4v) is 4.01. The number of thiophene rings is 1. The first-order valence-electron chi connectivity index (χ1n) is 9.10. The highest BCUT2D eigenvalue weighted by Gasteiger charge is 2.24. The van der Waals surface area contributed by atoms with Crippen LogP contribution in [0, 0.1) is 0 Å². The molecule has 0 spiro atoms. The Labute approximate surface area is 163 Å². The Hall–Kier alpha value is -2.38. The molecule has 0 saturated carbocycles. The zero-order valence-corrected chi connectivity index (χ0v) is 16.4. The number of anilines is 1. The molecule has 3 rings (SSSR count). The van der Waals surface area contributed by atoms with Gasteiger partial charge in [0.05, 0.1) is 18.2 Å². The van der Waals surface area contributed by atoms with Crippen molar-refractivity contribution in [1.29, 1.82) is 0 Å². The third-order valence-corrected chi connectivity index (χ3v) is 5.48. The monoisotopic (exact) mass is 388 g/mol. The molecule has 0 bridgehead atoms. The summed E-state index contributed by atoms with van der Waals surface area (Å²) in [5, 5.41) is 3.69. The van der Waals surface area contributed by atoms with E-state index in [9.17, 15) is 9.59 Å². The fraction of sp³-hybridized carbons (Fsp3) is 0.400. The van der Waals surface area contributed by atoms with Crippen LogP contribution in [-0.2, 0) is 14.3 Å². The van der Waals surface area contributed by atoms with E-state index in [1.807, 2.05) is 43.3 Å². The summed E-state index contributed by atoms with van der Waals surface area (Å²) in [4.78, 5) is 27.2. The summed E-state index contributed by atoms with van der Waals surface area (Å²) in [6.07, 6.45) is -0.827. The second-order valence-corrected chi connectivity index (χ2v) is 7.27. The number of likely N-dealkylation sites (N-methyl/N-ethyl adjacent to an activating group) is 1. The van der Waals surface area contributed by atoms with Gasteiger partial charge in [0.1, 0.15) is 4.88 Å². The topological polar surface area (TPSA) is 67.9 Å². The second kappa shape index (κ2) is 9.01. The van der Waals surface area contributed by atoms with Crippen molar-refractivity contribution in [3.05, 3.63) is 41.3 Å². The lowest BCUT2D eigenvalue weighted by molar-refractivity contribution is -0.128. The van der Waals surface area contributed by atoms with E-state index < -0.39 is 12.1 Å². The van der Waals surface area contributed by atoms with Gasteiger partial charge in [-0.2, -0.15) is 0 Å². The highest BCUT2D eigenvalue weighted by molar-refractivity contribution is 7.18. The number of carbonyl (C=O) groups excluding carboxylic acids is 2. The van der Waals surface area contributed by atoms with Crippen LogP contribution in [0.3, 0.4) is 0 Å². The van der Waals surface area contributed by atoms with Gasteiger partial charge >= 0.3 is 5.97 Å². The summed E-state index contributed by atoms with van der Waals surface area (Å²) in [5.74, 6) is -0.769. The number of amides is 1. The van der Waals surface area contributed by atoms with Crippen LogP contribution in [0.15, 0.2) is 36.4 Å². The van der Waals surface area contributed by atoms with Crippen LogP contribution in [0.25, 0.3) is 11.1 Å². The summed E-state index contributed by atoms with van der Waals surface area (Å²) in [5.41, 5.74) is 2.05. The minimum absolute atomic E-state index is 0.293. The first-order valence-corrected chi connectivity index (χ1v) is 9.92. The van der Waals surface area contributed by atoms with Gasteiger partial charge < -0.3 is 19.7 Å². The lowest BCUT2D eigenvalue weighted by Crippen LogP contribution is -2.36. The molecule has 1 atom stereocenters. The number of nitrogens with one attached hydrogen (secondary N) is 1. The molecule has 1 fully saturated rings. The van der Waals surface area contributed by atoms with Gasteiger partial charge in [-0.15, -0.1) is 11.3 Å². The minimum atomic E-state index is -0.827. The zero-order valence-electron chi connectivity index (χ0n) is 15.6. The Morgan fingerprint density at radius 3 is 2.63 bits per heavy atom. The Kier molecular flexibility index (Phi) is 6.47. The maximum absolute atomic E-state index is 12.6. The first-order chi connectivity index (χ1) is 13.1. The van der Waals surface area contributed by atoms with Crippen molar-refractivity contribution in [1.82, 2.24) is 5.32 Å². The lowest BCUT2D eigenvalue weighted by Gasteiger charge is -2.28. The van der Waals surface area contributed by atoms with Gasteiger partial charge in [-0.1, -0.05) is 30.3 Å². The molecule has 0 radical (unpaired) electrons. The number of hydrogen-bond acceptors (Lipinski definition) is 6. The number of nitrogens with zero attached hydrogens (tertiary/aromatic N) is 1. The van der Waals surface area contributed by atoms with E-state index in [1.54, 1.807) is 6.92 Å². The largest absolute Gasteiger partial charge is 0.448 e. The van der Waals surface area contributed by atoms with E-state index in [0.717, 1.165) is 29.2 Å². The number of morpholine rings is 1. The summed E-state index contributed by atoms with van der Waals surface area (Å²) in [7, 11) is 0. The van der Waals surface area contributed by atoms with Crippen LogP contribution in [0.1, 0.15) is 23.5 Å². The SMILES string of the molecule is CCNC(=O)C(C)OC(=O)c1cc(-c2ccccc2)c(N2CCOCC2)s1. The standard InChI is InChI=1S/C20H24N2O4S/c1-3-21-18(23)14(2)26-20(24)17-13-16(15-7-5-4-6-8-15)19(27-17)22-9-11-25-12-10-22/h4-8,13-14H,3,9-12H2,1-2H3,(H,21,23). The summed E-state index contributed by atoms with van der Waals surface area (Å²) < 4.78 is 10.8. The second-order valence-electron chi connectivity index (χ2n) is 6.24. The van der Waals surface area contributed by atoms with Crippen LogP contribution < -0.4 is 10.2 Å². The average molecular weight is 388 g/mol. The van der Waals surface area contributed by atoms with Crippen LogP contribution in [0.2, 0.25) is 0 Å². The number of benzene rings is 1. The maximum atomic E-state index is 12.6. The molecule has 27 heavy (non-hydrogen) atoms. The number of hydrogen-bond donors (Lipinski definition) is 1. The Balaban J connectivity index is 1.86. The summed E-state index contributed by atoms with van der Waals surface area (Å²) in [6, 6.07) is 11.8. The van der Waals surface area contributed by atoms with Crippen LogP contribution >= 0.6 is 11.3 Å². The van der Waals surface area contributed by atoms with Crippen molar-refractivity contribution in [2.75, 3.05) is 37.7 Å². The predicted octanol–water partition coefficient (Wildman–Crippen LogP) is 2.93. The van der Waals surface area contributed by atoms with E-state index in [-0.39, 0.29) is 5.91 Å². The predicted molar refractivity (Wildman–Crippen MR) is 106 cm³/mol. The molecule has 2 heterocycles. The maximum Gasteiger partial charge on any atom is 0.349 e. The molecule has 1 aromatic carbocycles. The van der Waals surface area contributed by atoms with Crippen LogP contribution in [0.5, 0.6) is 0 Å². The van der Waals surface area contributed by atoms with Crippen molar-refractivity contribution < 1.29 is 19.1 Å². The van der Waals surface area contributed by atoms with Gasteiger partial charge in [0.25, 0.3) is 5.91 Å². The molecule has 144 valence electrons. The van der Waals surface area contributed by atoms with Gasteiger partial charge in [0.2, 0.25) is 0 Å². The molecule has 1 aliphatic heterocycles. The number of esters is 1. The fourth-order valence-electron chi connectivity index (χ4n) is 2.90. The minimum Gasteiger partial charge on any atom is -0.448 e. The van der Waals surface area contributed by atoms with Crippen molar-refractivity contribution in [3.8, 4) is 11.1 Å². The zero-order chi connectivity index (χ0) is 19.2. The van der Waals surface area contributed by atoms with Crippen molar-refractivity contribution in [2.45, 2.75) is 20.0 Å². The third-order valence-electron chi connectivity index (χ3n) is 4.30. The average Bonchev–Trinajstić information content (AvgIpc) is 3.15. The van der Waals surface area contributed by atoms with Gasteiger partial charge in [0.15, 0.2) is 6.10 Å². The van der Waals surface area contributed by atoms with Crippen LogP contribution in [-0.4, -0.2) is 50.8 Å². The molecule has 1 aromatic heterocycles. The highest BCUT2D eigenvalue weighted by atomic mass is 32.1. The normalized spacial score (nSPS) is 15.3. The Morgan fingerprint density at radius 1 is 1.26 bits per heavy atom. The molecule has 2 aromatic rings. The molecular weight excluding hydrogens is 364 g/mol. The van der Waals surface area contributed by atoms with E-state index in [0.29, 0.717) is 24.6 Å². The molecule has 6 nitrogen and oxygen atoms in total. The lowest BCUT2D eigenvalue weighted by atomic mass is 10.1. The molecule has 1 N–H and O–H groups in total. The van der Waals surface area contributed by atoms with Crippen molar-refractivity contribution >= 4 is 28.2 Å². The van der Waals surface area contributed by atoms with E-state index in [4.69, 9.17) is 9.47 Å². The quantitative estimate of drug-likeness (QED) is 0.771. The first kappa shape index (κ1) is 19.4. The summed E-state index contributed by atoms with van der Waals surface area (Å²) >= 11 is 1.40. The molecule has 1 aliphatic rings. The van der Waals surface area contributed by atoms with E-state index in [2.05, 4.69) is 10.2 Å². The van der Waals surface area contributed by atoms with Gasteiger partial charge in [-0.25, -0.2) is 4.79 Å². The van der Waals surface area contributed by atoms with Gasteiger partial charge in [0, 0.05) is 25.2 Å². The highest BCUT2D eigenvalue weighted by Crippen LogP contribution is 2.39. The van der Waals surface area contributed by atoms with Crippen LogP contribution in [0.4, 0.5) is 5.00 Å². The molecular formula is C20H24N2O4S. The molecule has 1 saturated heterocycles. The molecule has 0 aliphatic carbocycles. The van der Waals surface area contributed by atoms with E-state index >= 15 is 0 Å². The molecule has 1 unspecified atom stereocenters. The molecule has 1 amide bonds. The van der Waals surface area contributed by atoms with E-state index in [1.165, 1.54) is 11.3 Å². The van der Waals surface area contributed by atoms with Crippen molar-refractivity contribution in [3.63, 3.8) is 0 Å². The summed E-state index contributed by atoms with van der Waals surface area (Å²) in [6.45, 7) is 6.80. The molecule has 7 heteroatoms. The number of rotatable bonds is 6. The Bertz CT molecular complexity index is 785.